The molecule has 4 rings (SSSR count). The van der Waals surface area contributed by atoms with Gasteiger partial charge in [-0.3, -0.25) is 14.7 Å². The smallest absolute Gasteiger partial charge is 0.238 e. The quantitative estimate of drug-likeness (QED) is 0.605. The number of aromatic nitrogens is 3. The van der Waals surface area contributed by atoms with Crippen LogP contribution in [0.2, 0.25) is 0 Å². The molecule has 0 atom stereocenters. The third-order valence-corrected chi connectivity index (χ3v) is 5.41. The highest BCUT2D eigenvalue weighted by atomic mass is 19.1. The van der Waals surface area contributed by atoms with E-state index in [2.05, 4.69) is 30.5 Å². The van der Waals surface area contributed by atoms with Gasteiger partial charge in [0.2, 0.25) is 5.91 Å². The molecule has 9 heteroatoms. The molecule has 2 N–H and O–H groups in total. The third-order valence-electron chi connectivity index (χ3n) is 5.41. The number of hydrogen-bond acceptors (Lipinski definition) is 6. The number of anilines is 3. The highest BCUT2D eigenvalue weighted by Crippen LogP contribution is 2.27. The van der Waals surface area contributed by atoms with E-state index in [4.69, 9.17) is 0 Å². The zero-order valence-corrected chi connectivity index (χ0v) is 17.7. The summed E-state index contributed by atoms with van der Waals surface area (Å²) in [7, 11) is 0. The number of pyridine rings is 1. The number of rotatable bonds is 6. The van der Waals surface area contributed by atoms with Crippen molar-refractivity contribution in [3.8, 4) is 0 Å². The van der Waals surface area contributed by atoms with E-state index < -0.39 is 11.6 Å². The number of carbonyl (C=O) groups excluding carboxylic acids is 1. The molecule has 0 aliphatic carbocycles. The Kier molecular flexibility index (Phi) is 6.65. The Hall–Kier alpha value is -3.46. The van der Waals surface area contributed by atoms with Gasteiger partial charge in [-0.05, 0) is 62.7 Å². The first kappa shape index (κ1) is 21.8. The van der Waals surface area contributed by atoms with E-state index in [1.165, 1.54) is 18.2 Å². The fourth-order valence-electron chi connectivity index (χ4n) is 3.73. The van der Waals surface area contributed by atoms with Gasteiger partial charge in [0.25, 0.3) is 0 Å². The average molecular weight is 438 g/mol. The summed E-state index contributed by atoms with van der Waals surface area (Å²) in [6.45, 7) is 3.52. The van der Waals surface area contributed by atoms with Crippen molar-refractivity contribution >= 4 is 23.2 Å². The lowest BCUT2D eigenvalue weighted by Crippen LogP contribution is -2.39. The maximum absolute atomic E-state index is 13.9. The van der Waals surface area contributed by atoms with Crippen LogP contribution in [0.1, 0.15) is 30.0 Å². The van der Waals surface area contributed by atoms with E-state index in [-0.39, 0.29) is 24.1 Å². The number of benzene rings is 1. The van der Waals surface area contributed by atoms with E-state index in [1.54, 1.807) is 24.5 Å². The molecule has 0 saturated carbocycles. The molecule has 3 aromatic rings. The molecule has 1 aliphatic rings. The zero-order valence-electron chi connectivity index (χ0n) is 17.7. The van der Waals surface area contributed by atoms with Crippen molar-refractivity contribution in [2.24, 2.45) is 0 Å². The highest BCUT2D eigenvalue weighted by molar-refractivity contribution is 5.92. The minimum atomic E-state index is -0.439. The number of likely N-dealkylation sites (tertiary alicyclic amines) is 1. The molecular weight excluding hydrogens is 414 g/mol. The fraction of sp³-hybridized carbons (Fsp3) is 0.304. The van der Waals surface area contributed by atoms with Gasteiger partial charge in [0.15, 0.2) is 0 Å². The van der Waals surface area contributed by atoms with E-state index in [0.717, 1.165) is 43.4 Å². The lowest BCUT2D eigenvalue weighted by molar-refractivity contribution is -0.117. The van der Waals surface area contributed by atoms with Crippen molar-refractivity contribution < 1.29 is 13.6 Å². The Morgan fingerprint density at radius 1 is 1.09 bits per heavy atom. The largest absolute Gasteiger partial charge is 0.324 e. The zero-order chi connectivity index (χ0) is 22.5. The summed E-state index contributed by atoms with van der Waals surface area (Å²) < 4.78 is 26.9. The van der Waals surface area contributed by atoms with E-state index in [1.807, 2.05) is 6.92 Å². The minimum Gasteiger partial charge on any atom is -0.324 e. The summed E-state index contributed by atoms with van der Waals surface area (Å²) >= 11 is 0. The number of nitrogens with one attached hydrogen (secondary N) is 2. The van der Waals surface area contributed by atoms with Gasteiger partial charge in [-0.1, -0.05) is 6.07 Å². The number of amides is 1. The second-order valence-corrected chi connectivity index (χ2v) is 7.90. The molecule has 7 nitrogen and oxygen atoms in total. The van der Waals surface area contributed by atoms with Crippen LogP contribution in [0.3, 0.4) is 0 Å². The SMILES string of the molecule is Cc1ccc(F)c(NC(=O)CN2CCC(c3cncc(Nc4ccc(F)cn4)n3)CC2)c1. The highest BCUT2D eigenvalue weighted by Gasteiger charge is 2.23. The molecule has 3 heterocycles. The summed E-state index contributed by atoms with van der Waals surface area (Å²) in [6.07, 6.45) is 6.14. The molecule has 1 saturated heterocycles. The van der Waals surface area contributed by atoms with Gasteiger partial charge in [-0.2, -0.15) is 0 Å². The van der Waals surface area contributed by atoms with Gasteiger partial charge in [0.1, 0.15) is 23.3 Å². The van der Waals surface area contributed by atoms with Crippen LogP contribution in [0.25, 0.3) is 0 Å². The van der Waals surface area contributed by atoms with E-state index >= 15 is 0 Å². The predicted octanol–water partition coefficient (Wildman–Crippen LogP) is 4.02. The number of halogens is 2. The Labute approximate surface area is 184 Å². The predicted molar refractivity (Wildman–Crippen MR) is 118 cm³/mol. The second kappa shape index (κ2) is 9.78. The van der Waals surface area contributed by atoms with Crippen molar-refractivity contribution in [1.29, 1.82) is 0 Å². The summed E-state index contributed by atoms with van der Waals surface area (Å²) in [5.74, 6) is 0.183. The van der Waals surface area contributed by atoms with Crippen LogP contribution in [0.15, 0.2) is 48.9 Å². The lowest BCUT2D eigenvalue weighted by Gasteiger charge is -2.31. The first-order valence-corrected chi connectivity index (χ1v) is 10.4. The van der Waals surface area contributed by atoms with Crippen molar-refractivity contribution in [1.82, 2.24) is 19.9 Å². The molecule has 32 heavy (non-hydrogen) atoms. The lowest BCUT2D eigenvalue weighted by atomic mass is 9.94. The molecule has 166 valence electrons. The maximum atomic E-state index is 13.9. The molecule has 2 aromatic heterocycles. The van der Waals surface area contributed by atoms with Crippen LogP contribution in [-0.4, -0.2) is 45.4 Å². The van der Waals surface area contributed by atoms with E-state index in [0.29, 0.717) is 11.6 Å². The Morgan fingerprint density at radius 3 is 2.66 bits per heavy atom. The number of carbonyl (C=O) groups is 1. The van der Waals surface area contributed by atoms with Gasteiger partial charge in [0.05, 0.1) is 30.3 Å². The van der Waals surface area contributed by atoms with Crippen LogP contribution in [0.4, 0.5) is 26.1 Å². The summed E-state index contributed by atoms with van der Waals surface area (Å²) in [5, 5.41) is 5.69. The molecule has 1 amide bonds. The van der Waals surface area contributed by atoms with Crippen molar-refractivity contribution in [3.05, 3.63) is 71.8 Å². The molecule has 1 aromatic carbocycles. The molecule has 1 fully saturated rings. The summed E-state index contributed by atoms with van der Waals surface area (Å²) in [6, 6.07) is 7.51. The Morgan fingerprint density at radius 2 is 1.91 bits per heavy atom. The van der Waals surface area contributed by atoms with Gasteiger partial charge >= 0.3 is 0 Å². The monoisotopic (exact) mass is 438 g/mol. The average Bonchev–Trinajstić information content (AvgIpc) is 2.78. The third kappa shape index (κ3) is 5.61. The first-order chi connectivity index (χ1) is 15.5. The maximum Gasteiger partial charge on any atom is 0.238 e. The number of piperidine rings is 1. The van der Waals surface area contributed by atoms with Gasteiger partial charge in [-0.15, -0.1) is 0 Å². The van der Waals surface area contributed by atoms with Gasteiger partial charge in [-0.25, -0.2) is 18.7 Å². The normalized spacial score (nSPS) is 14.8. The minimum absolute atomic E-state index is 0.208. The fourth-order valence-corrected chi connectivity index (χ4v) is 3.73. The molecular formula is C23H24F2N6O. The number of hydrogen-bond donors (Lipinski definition) is 2. The van der Waals surface area contributed by atoms with Crippen LogP contribution in [0.5, 0.6) is 0 Å². The van der Waals surface area contributed by atoms with Crippen molar-refractivity contribution in [2.75, 3.05) is 30.3 Å². The van der Waals surface area contributed by atoms with Crippen LogP contribution in [0, 0.1) is 18.6 Å². The molecule has 1 aliphatic heterocycles. The van der Waals surface area contributed by atoms with Crippen molar-refractivity contribution in [2.45, 2.75) is 25.7 Å². The first-order valence-electron chi connectivity index (χ1n) is 10.4. The van der Waals surface area contributed by atoms with Crippen LogP contribution in [-0.2, 0) is 4.79 Å². The van der Waals surface area contributed by atoms with Gasteiger partial charge < -0.3 is 10.6 Å². The number of nitrogens with zero attached hydrogens (tertiary/aromatic N) is 4. The Balaban J connectivity index is 1.30. The summed E-state index contributed by atoms with van der Waals surface area (Å²) in [4.78, 5) is 27.3. The second-order valence-electron chi connectivity index (χ2n) is 7.90. The van der Waals surface area contributed by atoms with Crippen LogP contribution < -0.4 is 10.6 Å². The molecule has 0 unspecified atom stereocenters. The topological polar surface area (TPSA) is 83.0 Å². The molecule has 0 bridgehead atoms. The van der Waals surface area contributed by atoms with Crippen molar-refractivity contribution in [3.63, 3.8) is 0 Å². The van der Waals surface area contributed by atoms with Gasteiger partial charge in [0, 0.05) is 12.1 Å². The van der Waals surface area contributed by atoms with Crippen LogP contribution >= 0.6 is 0 Å². The molecule has 0 spiro atoms. The number of aryl methyl sites for hydroxylation is 1. The molecule has 0 radical (unpaired) electrons. The van der Waals surface area contributed by atoms with E-state index in [9.17, 15) is 13.6 Å². The standard InChI is InChI=1S/C23H24F2N6O/c1-15-2-4-18(25)19(10-15)29-23(32)14-31-8-6-16(7-9-31)20-12-26-13-22(28-20)30-21-5-3-17(24)11-27-21/h2-5,10-13,16H,6-9,14H2,1H3,(H,29,32)(H,27,28,30). The Bertz CT molecular complexity index is 1080. The summed E-state index contributed by atoms with van der Waals surface area (Å²) in [5.41, 5.74) is 1.96.